The Morgan fingerprint density at radius 1 is 1.13 bits per heavy atom. The summed E-state index contributed by atoms with van der Waals surface area (Å²) in [7, 11) is -3.63. The number of carbonyl (C=O) groups is 1. The number of ketones is 1. The second kappa shape index (κ2) is 6.64. The molecule has 0 amide bonds. The highest BCUT2D eigenvalue weighted by Gasteiger charge is 2.65. The Hall–Kier alpha value is -2.21. The van der Waals surface area contributed by atoms with Crippen LogP contribution in [0.5, 0.6) is 0 Å². The molecular weight excluding hydrogens is 396 g/mol. The van der Waals surface area contributed by atoms with Crippen molar-refractivity contribution in [3.8, 4) is 0 Å². The third-order valence-corrected chi connectivity index (χ3v) is 9.94. The van der Waals surface area contributed by atoms with E-state index in [0.717, 1.165) is 22.8 Å². The first-order valence-corrected chi connectivity index (χ1v) is 12.4. The van der Waals surface area contributed by atoms with Gasteiger partial charge in [-0.15, -0.1) is 0 Å². The summed E-state index contributed by atoms with van der Waals surface area (Å²) >= 11 is 0. The molecule has 2 aliphatic carbocycles. The van der Waals surface area contributed by atoms with E-state index in [1.165, 1.54) is 4.31 Å². The van der Waals surface area contributed by atoms with E-state index in [9.17, 15) is 13.2 Å². The number of sulfonamides is 1. The molecule has 2 aromatic rings. The van der Waals surface area contributed by atoms with Gasteiger partial charge >= 0.3 is 0 Å². The van der Waals surface area contributed by atoms with Gasteiger partial charge in [0.1, 0.15) is 11.6 Å². The Kier molecular flexibility index (Phi) is 4.37. The first-order valence-electron chi connectivity index (χ1n) is 10.8. The fourth-order valence-corrected chi connectivity index (χ4v) is 8.30. The topological polar surface area (TPSA) is 66.8 Å². The highest BCUT2D eigenvalue weighted by atomic mass is 32.2. The monoisotopic (exact) mass is 424 g/mol. The lowest BCUT2D eigenvalue weighted by atomic mass is 9.70. The molecule has 2 fully saturated rings. The standard InChI is InChI=1S/C24H28N2O3S/c1-23(2)19-10-11-24(23,21(27)15-19)16-30(28,29)26-13-12-25-22(26)14-18-8-5-7-17-6-3-4-9-20(17)18/h3-9,19H,10-16H2,1-2H3. The Morgan fingerprint density at radius 2 is 1.90 bits per heavy atom. The van der Waals surface area contributed by atoms with E-state index in [1.807, 2.05) is 24.3 Å². The van der Waals surface area contributed by atoms with Crippen LogP contribution >= 0.6 is 0 Å². The molecule has 2 bridgehead atoms. The van der Waals surface area contributed by atoms with Crippen molar-refractivity contribution in [2.24, 2.45) is 21.7 Å². The minimum absolute atomic E-state index is 0.0864. The first-order chi connectivity index (χ1) is 14.2. The summed E-state index contributed by atoms with van der Waals surface area (Å²) in [5, 5.41) is 2.26. The fourth-order valence-electron chi connectivity index (χ4n) is 6.04. The molecule has 158 valence electrons. The predicted octanol–water partition coefficient (Wildman–Crippen LogP) is 3.82. The Bertz CT molecular complexity index is 1160. The van der Waals surface area contributed by atoms with Crippen LogP contribution in [-0.4, -0.2) is 43.2 Å². The van der Waals surface area contributed by atoms with Crippen LogP contribution in [0.4, 0.5) is 0 Å². The molecule has 2 unspecified atom stereocenters. The molecule has 6 heteroatoms. The van der Waals surface area contributed by atoms with Crippen LogP contribution in [0.1, 0.15) is 38.7 Å². The average molecular weight is 425 g/mol. The third kappa shape index (κ3) is 2.76. The number of rotatable bonds is 5. The van der Waals surface area contributed by atoms with Gasteiger partial charge in [-0.1, -0.05) is 56.3 Å². The number of Topliss-reactive ketones (excluding diaryl/α,β-unsaturated/α-hetero) is 1. The summed E-state index contributed by atoms with van der Waals surface area (Å²) < 4.78 is 28.6. The van der Waals surface area contributed by atoms with Crippen molar-refractivity contribution in [1.82, 2.24) is 4.31 Å². The van der Waals surface area contributed by atoms with Crippen molar-refractivity contribution in [3.05, 3.63) is 48.0 Å². The summed E-state index contributed by atoms with van der Waals surface area (Å²) in [5.74, 6) is 0.957. The summed E-state index contributed by atoms with van der Waals surface area (Å²) in [5.41, 5.74) is 0.0679. The maximum Gasteiger partial charge on any atom is 0.237 e. The minimum atomic E-state index is -3.63. The van der Waals surface area contributed by atoms with Crippen LogP contribution in [0.2, 0.25) is 0 Å². The molecule has 1 heterocycles. The van der Waals surface area contributed by atoms with Gasteiger partial charge in [-0.2, -0.15) is 0 Å². The largest absolute Gasteiger partial charge is 0.299 e. The molecule has 0 N–H and O–H groups in total. The number of hydrogen-bond acceptors (Lipinski definition) is 4. The van der Waals surface area contributed by atoms with Crippen LogP contribution in [0.25, 0.3) is 10.8 Å². The molecule has 5 nitrogen and oxygen atoms in total. The van der Waals surface area contributed by atoms with Crippen molar-refractivity contribution in [3.63, 3.8) is 0 Å². The second-order valence-corrected chi connectivity index (χ2v) is 11.5. The van der Waals surface area contributed by atoms with E-state index < -0.39 is 15.4 Å². The molecule has 2 saturated carbocycles. The Morgan fingerprint density at radius 3 is 2.63 bits per heavy atom. The van der Waals surface area contributed by atoms with Crippen molar-refractivity contribution in [1.29, 1.82) is 0 Å². The van der Waals surface area contributed by atoms with Crippen molar-refractivity contribution < 1.29 is 13.2 Å². The van der Waals surface area contributed by atoms with Crippen LogP contribution in [0, 0.1) is 16.7 Å². The van der Waals surface area contributed by atoms with Gasteiger partial charge in [0.2, 0.25) is 10.0 Å². The molecule has 0 spiro atoms. The zero-order valence-electron chi connectivity index (χ0n) is 17.6. The molecule has 3 aliphatic rings. The van der Waals surface area contributed by atoms with Crippen molar-refractivity contribution >= 4 is 32.4 Å². The SMILES string of the molecule is CC1(C)C2CCC1(CS(=O)(=O)N1CCN=C1Cc1cccc3ccccc13)C(=O)C2. The number of carbonyl (C=O) groups excluding carboxylic acids is 1. The van der Waals surface area contributed by atoms with Gasteiger partial charge in [-0.3, -0.25) is 14.1 Å². The van der Waals surface area contributed by atoms with E-state index in [0.29, 0.717) is 44.1 Å². The molecule has 2 aromatic carbocycles. The van der Waals surface area contributed by atoms with Gasteiger partial charge in [0.15, 0.2) is 0 Å². The third-order valence-electron chi connectivity index (χ3n) is 8.02. The van der Waals surface area contributed by atoms with E-state index >= 15 is 0 Å². The number of hydrogen-bond donors (Lipinski definition) is 0. The lowest BCUT2D eigenvalue weighted by Crippen LogP contribution is -2.47. The van der Waals surface area contributed by atoms with Gasteiger partial charge in [0.05, 0.1) is 24.3 Å². The summed E-state index contributed by atoms with van der Waals surface area (Å²) in [6.45, 7) is 5.02. The highest BCUT2D eigenvalue weighted by molar-refractivity contribution is 7.89. The minimum Gasteiger partial charge on any atom is -0.299 e. The number of fused-ring (bicyclic) bond motifs is 3. The molecule has 0 aromatic heterocycles. The molecular formula is C24H28N2O3S. The smallest absolute Gasteiger partial charge is 0.237 e. The molecule has 2 atom stereocenters. The zero-order valence-corrected chi connectivity index (χ0v) is 18.4. The Balaban J connectivity index is 1.44. The normalized spacial score (nSPS) is 27.8. The van der Waals surface area contributed by atoms with E-state index in [1.54, 1.807) is 0 Å². The quantitative estimate of drug-likeness (QED) is 0.733. The van der Waals surface area contributed by atoms with E-state index in [2.05, 4.69) is 37.0 Å². The zero-order chi connectivity index (χ0) is 21.1. The van der Waals surface area contributed by atoms with Crippen LogP contribution in [-0.2, 0) is 21.2 Å². The lowest BCUT2D eigenvalue weighted by Gasteiger charge is -2.37. The molecule has 1 aliphatic heterocycles. The predicted molar refractivity (Wildman–Crippen MR) is 119 cm³/mol. The maximum absolute atomic E-state index is 13.6. The number of amidine groups is 1. The average Bonchev–Trinajstić information content (AvgIpc) is 3.32. The molecule has 0 saturated heterocycles. The van der Waals surface area contributed by atoms with E-state index in [-0.39, 0.29) is 17.0 Å². The van der Waals surface area contributed by atoms with Crippen molar-refractivity contribution in [2.75, 3.05) is 18.8 Å². The summed E-state index contributed by atoms with van der Waals surface area (Å²) in [4.78, 5) is 17.4. The summed E-state index contributed by atoms with van der Waals surface area (Å²) in [6.07, 6.45) is 2.64. The van der Waals surface area contributed by atoms with Gasteiger partial charge in [0, 0.05) is 12.8 Å². The van der Waals surface area contributed by atoms with E-state index in [4.69, 9.17) is 0 Å². The fraction of sp³-hybridized carbons (Fsp3) is 0.500. The number of aliphatic imine (C=N–C) groups is 1. The number of benzene rings is 2. The first kappa shape index (κ1) is 19.7. The lowest BCUT2D eigenvalue weighted by molar-refractivity contribution is -0.128. The second-order valence-electron chi connectivity index (χ2n) is 9.61. The van der Waals surface area contributed by atoms with Gasteiger partial charge in [-0.05, 0) is 40.5 Å². The molecule has 0 radical (unpaired) electrons. The highest BCUT2D eigenvalue weighted by Crippen LogP contribution is 2.64. The van der Waals surface area contributed by atoms with Crippen molar-refractivity contribution in [2.45, 2.75) is 39.5 Å². The van der Waals surface area contributed by atoms with Crippen LogP contribution < -0.4 is 0 Å². The van der Waals surface area contributed by atoms with Crippen LogP contribution in [0.3, 0.4) is 0 Å². The Labute approximate surface area is 178 Å². The van der Waals surface area contributed by atoms with Gasteiger partial charge in [0.25, 0.3) is 0 Å². The maximum atomic E-state index is 13.6. The summed E-state index contributed by atoms with van der Waals surface area (Å²) in [6, 6.07) is 14.2. The van der Waals surface area contributed by atoms with Gasteiger partial charge < -0.3 is 0 Å². The molecule has 30 heavy (non-hydrogen) atoms. The van der Waals surface area contributed by atoms with Crippen LogP contribution in [0.15, 0.2) is 47.5 Å². The van der Waals surface area contributed by atoms with Gasteiger partial charge in [-0.25, -0.2) is 8.42 Å². The molecule has 5 rings (SSSR count). The number of nitrogens with zero attached hydrogens (tertiary/aromatic N) is 2.